The standard InChI is InChI=1S/C4H2Cl2N2.C4H4N2/c5-3-1-2-7-4(6)8-3;1-2-5-4-6-3-1/h1-2H;1-4H. The Morgan fingerprint density at radius 3 is 2.00 bits per heavy atom. The molecule has 0 aliphatic heterocycles. The van der Waals surface area contributed by atoms with E-state index in [0.717, 1.165) is 0 Å². The minimum absolute atomic E-state index is 0.178. The highest BCUT2D eigenvalue weighted by Gasteiger charge is 1.88. The van der Waals surface area contributed by atoms with Gasteiger partial charge in [-0.05, 0) is 23.7 Å². The van der Waals surface area contributed by atoms with Crippen LogP contribution in [0.3, 0.4) is 0 Å². The molecule has 0 aliphatic rings. The maximum atomic E-state index is 5.41. The van der Waals surface area contributed by atoms with Crippen molar-refractivity contribution in [1.29, 1.82) is 0 Å². The molecule has 72 valence electrons. The lowest BCUT2D eigenvalue weighted by atomic mass is 10.7. The number of hydrogen-bond acceptors (Lipinski definition) is 4. The highest BCUT2D eigenvalue weighted by Crippen LogP contribution is 2.04. The summed E-state index contributed by atoms with van der Waals surface area (Å²) in [7, 11) is 0. The molecule has 0 aliphatic carbocycles. The Bertz CT molecular complexity index is 325. The SMILES string of the molecule is Clc1ccnc(Cl)n1.c1cncnc1. The lowest BCUT2D eigenvalue weighted by Gasteiger charge is -1.85. The fourth-order valence-corrected chi connectivity index (χ4v) is 0.895. The zero-order valence-electron chi connectivity index (χ0n) is 7.01. The third-order valence-electron chi connectivity index (χ3n) is 1.07. The summed E-state index contributed by atoms with van der Waals surface area (Å²) in [5.74, 6) is 0. The van der Waals surface area contributed by atoms with Gasteiger partial charge in [0, 0.05) is 18.6 Å². The molecule has 0 atom stereocenters. The van der Waals surface area contributed by atoms with Gasteiger partial charge in [0.05, 0.1) is 0 Å². The molecule has 0 fully saturated rings. The second-order valence-corrected chi connectivity index (χ2v) is 2.78. The molecule has 6 heteroatoms. The Labute approximate surface area is 91.0 Å². The molecule has 2 heterocycles. The Kier molecular flexibility index (Phi) is 4.82. The number of rotatable bonds is 0. The van der Waals surface area contributed by atoms with Crippen molar-refractivity contribution < 1.29 is 0 Å². The van der Waals surface area contributed by atoms with E-state index in [1.165, 1.54) is 12.5 Å². The summed E-state index contributed by atoms with van der Waals surface area (Å²) < 4.78 is 0. The summed E-state index contributed by atoms with van der Waals surface area (Å²) in [6.45, 7) is 0. The third-order valence-corrected chi connectivity index (χ3v) is 1.46. The van der Waals surface area contributed by atoms with Crippen molar-refractivity contribution in [3.8, 4) is 0 Å². The maximum Gasteiger partial charge on any atom is 0.223 e. The van der Waals surface area contributed by atoms with Crippen LogP contribution >= 0.6 is 23.2 Å². The first-order valence-electron chi connectivity index (χ1n) is 3.63. The predicted molar refractivity (Wildman–Crippen MR) is 54.1 cm³/mol. The molecule has 2 rings (SSSR count). The van der Waals surface area contributed by atoms with Gasteiger partial charge in [-0.2, -0.15) is 0 Å². The molecule has 0 bridgehead atoms. The van der Waals surface area contributed by atoms with Crippen LogP contribution in [0, 0.1) is 0 Å². The fourth-order valence-electron chi connectivity index (χ4n) is 0.568. The second kappa shape index (κ2) is 6.23. The topological polar surface area (TPSA) is 51.6 Å². The monoisotopic (exact) mass is 228 g/mol. The minimum atomic E-state index is 0.178. The van der Waals surface area contributed by atoms with Gasteiger partial charge in [0.2, 0.25) is 5.28 Å². The van der Waals surface area contributed by atoms with Gasteiger partial charge in [-0.15, -0.1) is 0 Å². The number of hydrogen-bond donors (Lipinski definition) is 0. The molecule has 0 aromatic carbocycles. The van der Waals surface area contributed by atoms with Crippen molar-refractivity contribution in [3.63, 3.8) is 0 Å². The van der Waals surface area contributed by atoms with Gasteiger partial charge in [0.1, 0.15) is 11.5 Å². The highest BCUT2D eigenvalue weighted by molar-refractivity contribution is 6.31. The average molecular weight is 229 g/mol. The van der Waals surface area contributed by atoms with Gasteiger partial charge in [-0.25, -0.2) is 19.9 Å². The zero-order valence-corrected chi connectivity index (χ0v) is 8.52. The molecule has 0 unspecified atom stereocenters. The normalized spacial score (nSPS) is 8.71. The largest absolute Gasteiger partial charge is 0.245 e. The van der Waals surface area contributed by atoms with E-state index in [1.54, 1.807) is 24.5 Å². The Morgan fingerprint density at radius 1 is 1.00 bits per heavy atom. The van der Waals surface area contributed by atoms with Crippen LogP contribution in [0.25, 0.3) is 0 Å². The van der Waals surface area contributed by atoms with Crippen LogP contribution < -0.4 is 0 Å². The summed E-state index contributed by atoms with van der Waals surface area (Å²) in [4.78, 5) is 14.6. The van der Waals surface area contributed by atoms with Gasteiger partial charge in [0.25, 0.3) is 0 Å². The van der Waals surface area contributed by atoms with Gasteiger partial charge >= 0.3 is 0 Å². The van der Waals surface area contributed by atoms with Crippen LogP contribution in [-0.4, -0.2) is 19.9 Å². The van der Waals surface area contributed by atoms with E-state index in [4.69, 9.17) is 23.2 Å². The van der Waals surface area contributed by atoms with E-state index in [-0.39, 0.29) is 5.28 Å². The van der Waals surface area contributed by atoms with Crippen molar-refractivity contribution in [1.82, 2.24) is 19.9 Å². The summed E-state index contributed by atoms with van der Waals surface area (Å²) in [6, 6.07) is 3.34. The Hall–Kier alpha value is -1.26. The van der Waals surface area contributed by atoms with E-state index in [2.05, 4.69) is 19.9 Å². The lowest BCUT2D eigenvalue weighted by Crippen LogP contribution is -1.77. The molecule has 0 saturated carbocycles. The molecule has 0 N–H and O–H groups in total. The van der Waals surface area contributed by atoms with Crippen LogP contribution in [0.1, 0.15) is 0 Å². The first kappa shape index (κ1) is 10.8. The first-order valence-corrected chi connectivity index (χ1v) is 4.38. The van der Waals surface area contributed by atoms with E-state index in [1.807, 2.05) is 0 Å². The smallest absolute Gasteiger partial charge is 0.223 e. The van der Waals surface area contributed by atoms with Gasteiger partial charge < -0.3 is 0 Å². The minimum Gasteiger partial charge on any atom is -0.245 e. The van der Waals surface area contributed by atoms with E-state index in [0.29, 0.717) is 5.15 Å². The van der Waals surface area contributed by atoms with Crippen molar-refractivity contribution in [2.45, 2.75) is 0 Å². The second-order valence-electron chi connectivity index (χ2n) is 2.05. The van der Waals surface area contributed by atoms with E-state index >= 15 is 0 Å². The predicted octanol–water partition coefficient (Wildman–Crippen LogP) is 2.26. The average Bonchev–Trinajstić information content (AvgIpc) is 2.21. The first-order chi connectivity index (χ1) is 6.79. The molecular weight excluding hydrogens is 223 g/mol. The van der Waals surface area contributed by atoms with Gasteiger partial charge in [-0.3, -0.25) is 0 Å². The molecule has 14 heavy (non-hydrogen) atoms. The molecule has 0 spiro atoms. The number of aromatic nitrogens is 4. The molecule has 0 amide bonds. The number of nitrogens with zero attached hydrogens (tertiary/aromatic N) is 4. The van der Waals surface area contributed by atoms with Crippen molar-refractivity contribution >= 4 is 23.2 Å². The Morgan fingerprint density at radius 2 is 1.71 bits per heavy atom. The van der Waals surface area contributed by atoms with Crippen molar-refractivity contribution in [3.05, 3.63) is 47.5 Å². The summed E-state index contributed by atoms with van der Waals surface area (Å²) in [5, 5.41) is 0.544. The molecular formula is C8H6Cl2N4. The van der Waals surface area contributed by atoms with E-state index in [9.17, 15) is 0 Å². The highest BCUT2D eigenvalue weighted by atomic mass is 35.5. The molecule has 4 nitrogen and oxygen atoms in total. The molecule has 0 saturated heterocycles. The van der Waals surface area contributed by atoms with Crippen LogP contribution in [0.15, 0.2) is 37.1 Å². The number of halogens is 2. The molecule has 2 aromatic rings. The van der Waals surface area contributed by atoms with Crippen LogP contribution in [0.5, 0.6) is 0 Å². The molecule has 2 aromatic heterocycles. The van der Waals surface area contributed by atoms with E-state index < -0.39 is 0 Å². The zero-order chi connectivity index (χ0) is 10.2. The quantitative estimate of drug-likeness (QED) is 0.513. The van der Waals surface area contributed by atoms with Crippen LogP contribution in [0.4, 0.5) is 0 Å². The molecule has 0 radical (unpaired) electrons. The van der Waals surface area contributed by atoms with Crippen molar-refractivity contribution in [2.24, 2.45) is 0 Å². The Balaban J connectivity index is 0.000000146. The van der Waals surface area contributed by atoms with Crippen LogP contribution in [0.2, 0.25) is 10.4 Å². The van der Waals surface area contributed by atoms with Crippen molar-refractivity contribution in [2.75, 3.05) is 0 Å². The maximum absolute atomic E-state index is 5.41. The van der Waals surface area contributed by atoms with Gasteiger partial charge in [-0.1, -0.05) is 11.6 Å². The van der Waals surface area contributed by atoms with Gasteiger partial charge in [0.15, 0.2) is 0 Å². The summed E-state index contributed by atoms with van der Waals surface area (Å²) in [5.41, 5.74) is 0. The lowest BCUT2D eigenvalue weighted by molar-refractivity contribution is 1.17. The summed E-state index contributed by atoms with van der Waals surface area (Å²) in [6.07, 6.45) is 6.37. The fraction of sp³-hybridized carbons (Fsp3) is 0. The van der Waals surface area contributed by atoms with Crippen LogP contribution in [-0.2, 0) is 0 Å². The summed E-state index contributed by atoms with van der Waals surface area (Å²) >= 11 is 10.7. The third kappa shape index (κ3) is 4.69.